The third-order valence-corrected chi connectivity index (χ3v) is 9.66. The summed E-state index contributed by atoms with van der Waals surface area (Å²) >= 11 is 0. The Kier molecular flexibility index (Phi) is 7.85. The number of hydrogen-bond donors (Lipinski definition) is 1. The Morgan fingerprint density at radius 2 is 1.67 bits per heavy atom. The topological polar surface area (TPSA) is 97.5 Å². The predicted octanol–water partition coefficient (Wildman–Crippen LogP) is 4.87. The average Bonchev–Trinajstić information content (AvgIpc) is 3.10. The van der Waals surface area contributed by atoms with E-state index in [0.29, 0.717) is 30.2 Å². The first kappa shape index (κ1) is 26.6. The van der Waals surface area contributed by atoms with E-state index < -0.39 is 0 Å². The van der Waals surface area contributed by atoms with Crippen LogP contribution in [0.5, 0.6) is 0 Å². The lowest BCUT2D eigenvalue weighted by Gasteiger charge is -2.54. The minimum atomic E-state index is -0.355. The van der Waals surface area contributed by atoms with Crippen LogP contribution in [-0.4, -0.2) is 64.1 Å². The highest BCUT2D eigenvalue weighted by Crippen LogP contribution is 2.44. The van der Waals surface area contributed by atoms with Crippen LogP contribution in [0.2, 0.25) is 0 Å². The highest BCUT2D eigenvalue weighted by molar-refractivity contribution is 5.98. The van der Waals surface area contributed by atoms with E-state index in [9.17, 15) is 9.59 Å². The van der Waals surface area contributed by atoms with Crippen molar-refractivity contribution < 1.29 is 14.3 Å². The van der Waals surface area contributed by atoms with E-state index in [0.717, 1.165) is 43.4 Å². The average molecular weight is 535 g/mol. The number of nitrogens with zero attached hydrogens (tertiary/aromatic N) is 3. The molecule has 3 heterocycles. The van der Waals surface area contributed by atoms with Crippen molar-refractivity contribution >= 4 is 22.7 Å². The number of esters is 1. The van der Waals surface area contributed by atoms with E-state index in [1.54, 1.807) is 6.92 Å². The van der Waals surface area contributed by atoms with Crippen molar-refractivity contribution in [1.82, 2.24) is 14.5 Å². The van der Waals surface area contributed by atoms with Crippen LogP contribution in [0.3, 0.4) is 0 Å². The standard InChI is InChI=1S/C31H42N4O4/c1-2-39-29(36)12-11-26(32)30-31(37)35(28-10-6-5-9-27(28)33-30)23-16-24-18-38-19-25(17-23)34(24)22-14-20-7-3-4-8-21(13-20)15-22/h5-6,9-10,20-25,32H,2-4,7-8,11-19H2,1H3/t20?,21?,22?,23?,24-,25+. The zero-order valence-electron chi connectivity index (χ0n) is 23.1. The van der Waals surface area contributed by atoms with Gasteiger partial charge in [0.1, 0.15) is 5.69 Å². The summed E-state index contributed by atoms with van der Waals surface area (Å²) in [6, 6.07) is 9.03. The van der Waals surface area contributed by atoms with E-state index in [1.165, 1.54) is 44.9 Å². The minimum absolute atomic E-state index is 0.0306. The van der Waals surface area contributed by atoms with E-state index >= 15 is 0 Å². The van der Waals surface area contributed by atoms with Crippen molar-refractivity contribution in [3.05, 3.63) is 40.3 Å². The molecular formula is C31H42N4O4. The summed E-state index contributed by atoms with van der Waals surface area (Å²) in [5.74, 6) is 1.38. The monoisotopic (exact) mass is 534 g/mol. The van der Waals surface area contributed by atoms with Crippen molar-refractivity contribution in [2.24, 2.45) is 11.8 Å². The Hall–Kier alpha value is -2.58. The summed E-state index contributed by atoms with van der Waals surface area (Å²) in [6.07, 6.45) is 11.5. The summed E-state index contributed by atoms with van der Waals surface area (Å²) in [5.41, 5.74) is 1.57. The maximum absolute atomic E-state index is 14.0. The van der Waals surface area contributed by atoms with Gasteiger partial charge >= 0.3 is 5.97 Å². The van der Waals surface area contributed by atoms with Crippen LogP contribution in [0.25, 0.3) is 11.0 Å². The van der Waals surface area contributed by atoms with Gasteiger partial charge < -0.3 is 19.5 Å². The first-order chi connectivity index (χ1) is 19.0. The number of hydrogen-bond acceptors (Lipinski definition) is 7. The number of morpholine rings is 1. The zero-order chi connectivity index (χ0) is 26.9. The number of para-hydroxylation sites is 2. The normalized spacial score (nSPS) is 31.0. The molecule has 4 aliphatic rings. The first-order valence-electron chi connectivity index (χ1n) is 15.1. The molecule has 2 saturated heterocycles. The van der Waals surface area contributed by atoms with Crippen molar-refractivity contribution in [3.63, 3.8) is 0 Å². The second-order valence-corrected chi connectivity index (χ2v) is 12.2. The number of piperidine rings is 1. The third kappa shape index (κ3) is 5.42. The molecule has 0 amide bonds. The van der Waals surface area contributed by atoms with Gasteiger partial charge in [-0.1, -0.05) is 37.8 Å². The van der Waals surface area contributed by atoms with Gasteiger partial charge in [-0.05, 0) is 63.0 Å². The fourth-order valence-electron chi connectivity index (χ4n) is 8.12. The van der Waals surface area contributed by atoms with Crippen LogP contribution in [0.15, 0.2) is 29.1 Å². The molecule has 2 aliphatic carbocycles. The number of ether oxygens (including phenoxy) is 2. The number of carbonyl (C=O) groups is 1. The Balaban J connectivity index is 1.28. The van der Waals surface area contributed by atoms with Crippen LogP contribution in [0, 0.1) is 17.2 Å². The number of aromatic nitrogens is 2. The molecule has 2 aliphatic heterocycles. The molecule has 2 saturated carbocycles. The van der Waals surface area contributed by atoms with Crippen molar-refractivity contribution in [2.75, 3.05) is 19.8 Å². The number of rotatable bonds is 7. The minimum Gasteiger partial charge on any atom is -0.466 e. The van der Waals surface area contributed by atoms with Crippen LogP contribution >= 0.6 is 0 Å². The van der Waals surface area contributed by atoms with Crippen LogP contribution in [0.1, 0.15) is 89.3 Å². The molecule has 4 fully saturated rings. The number of nitrogens with one attached hydrogen (secondary N) is 1. The van der Waals surface area contributed by atoms with Crippen molar-refractivity contribution in [2.45, 2.75) is 102 Å². The van der Waals surface area contributed by atoms with Gasteiger partial charge in [0, 0.05) is 30.6 Å². The number of benzene rings is 1. The van der Waals surface area contributed by atoms with Gasteiger partial charge in [-0.2, -0.15) is 0 Å². The Labute approximate surface area is 230 Å². The molecule has 0 spiro atoms. The summed E-state index contributed by atoms with van der Waals surface area (Å²) in [5, 5.41) is 8.64. The van der Waals surface area contributed by atoms with E-state index in [-0.39, 0.29) is 41.8 Å². The Morgan fingerprint density at radius 3 is 2.36 bits per heavy atom. The molecule has 2 aromatic rings. The Morgan fingerprint density at radius 1 is 0.974 bits per heavy atom. The van der Waals surface area contributed by atoms with Gasteiger partial charge in [0.05, 0.1) is 43.0 Å². The second kappa shape index (κ2) is 11.5. The molecule has 3 unspecified atom stereocenters. The molecule has 210 valence electrons. The summed E-state index contributed by atoms with van der Waals surface area (Å²) < 4.78 is 13.0. The molecule has 4 bridgehead atoms. The molecule has 1 aromatic heterocycles. The van der Waals surface area contributed by atoms with Crippen LogP contribution < -0.4 is 5.56 Å². The van der Waals surface area contributed by atoms with Gasteiger partial charge in [0.25, 0.3) is 5.56 Å². The summed E-state index contributed by atoms with van der Waals surface area (Å²) in [4.78, 5) is 33.3. The molecule has 8 nitrogen and oxygen atoms in total. The van der Waals surface area contributed by atoms with Gasteiger partial charge in [-0.3, -0.25) is 14.5 Å². The molecule has 0 radical (unpaired) electrons. The molecule has 39 heavy (non-hydrogen) atoms. The lowest BCUT2D eigenvalue weighted by molar-refractivity contribution is -0.142. The quantitative estimate of drug-likeness (QED) is 0.402. The molecule has 6 rings (SSSR count). The lowest BCUT2D eigenvalue weighted by atomic mass is 9.75. The summed E-state index contributed by atoms with van der Waals surface area (Å²) in [6.45, 7) is 3.51. The van der Waals surface area contributed by atoms with E-state index in [4.69, 9.17) is 14.9 Å². The predicted molar refractivity (Wildman–Crippen MR) is 150 cm³/mol. The van der Waals surface area contributed by atoms with Gasteiger partial charge in [0.2, 0.25) is 0 Å². The van der Waals surface area contributed by atoms with E-state index in [1.807, 2.05) is 28.8 Å². The van der Waals surface area contributed by atoms with Crippen LogP contribution in [0.4, 0.5) is 0 Å². The molecule has 5 atom stereocenters. The van der Waals surface area contributed by atoms with Gasteiger partial charge in [0.15, 0.2) is 0 Å². The van der Waals surface area contributed by atoms with Gasteiger partial charge in [-0.25, -0.2) is 4.98 Å². The van der Waals surface area contributed by atoms with Crippen LogP contribution in [-0.2, 0) is 14.3 Å². The number of carbonyl (C=O) groups excluding carboxylic acids is 1. The lowest BCUT2D eigenvalue weighted by Crippen LogP contribution is -2.62. The maximum atomic E-state index is 14.0. The summed E-state index contributed by atoms with van der Waals surface area (Å²) in [7, 11) is 0. The SMILES string of the molecule is CCOC(=O)CCC(=N)c1nc2ccccc2n(C2C[C@H]3COC[C@@H](C2)N3C2CC3CCCCC(C3)C2)c1=O. The zero-order valence-corrected chi connectivity index (χ0v) is 23.1. The Bertz CT molecular complexity index is 1250. The number of fused-ring (bicyclic) bond motifs is 5. The van der Waals surface area contributed by atoms with Gasteiger partial charge in [-0.15, -0.1) is 0 Å². The smallest absolute Gasteiger partial charge is 0.306 e. The first-order valence-corrected chi connectivity index (χ1v) is 15.1. The molecular weight excluding hydrogens is 492 g/mol. The van der Waals surface area contributed by atoms with Crippen molar-refractivity contribution in [1.29, 1.82) is 5.41 Å². The molecule has 1 aromatic carbocycles. The highest BCUT2D eigenvalue weighted by atomic mass is 16.5. The fourth-order valence-corrected chi connectivity index (χ4v) is 8.12. The highest BCUT2D eigenvalue weighted by Gasteiger charge is 2.45. The van der Waals surface area contributed by atoms with Crippen molar-refractivity contribution in [3.8, 4) is 0 Å². The van der Waals surface area contributed by atoms with E-state index in [2.05, 4.69) is 9.88 Å². The fraction of sp³-hybridized carbons (Fsp3) is 0.677. The maximum Gasteiger partial charge on any atom is 0.306 e. The molecule has 1 N–H and O–H groups in total. The second-order valence-electron chi connectivity index (χ2n) is 12.2. The molecule has 8 heteroatoms. The largest absolute Gasteiger partial charge is 0.466 e. The third-order valence-electron chi connectivity index (χ3n) is 9.66.